The maximum absolute atomic E-state index is 13.4. The molecule has 0 aliphatic heterocycles. The Bertz CT molecular complexity index is 532. The molecule has 0 amide bonds. The fraction of sp³-hybridized carbons (Fsp3) is 0.0833. The fourth-order valence-electron chi connectivity index (χ4n) is 1.34. The summed E-state index contributed by atoms with van der Waals surface area (Å²) in [6, 6.07) is 4.56. The number of halogens is 2. The van der Waals surface area contributed by atoms with E-state index < -0.39 is 11.6 Å². The minimum Gasteiger partial charge on any atom is -0.454 e. The summed E-state index contributed by atoms with van der Waals surface area (Å²) >= 11 is 0. The molecule has 0 radical (unpaired) electrons. The maximum atomic E-state index is 13.4. The summed E-state index contributed by atoms with van der Waals surface area (Å²) in [7, 11) is 0. The molecule has 0 fully saturated rings. The van der Waals surface area contributed by atoms with Gasteiger partial charge in [-0.3, -0.25) is 4.98 Å². The molecule has 0 saturated carbocycles. The molecule has 3 nitrogen and oxygen atoms in total. The Morgan fingerprint density at radius 1 is 1.18 bits per heavy atom. The highest BCUT2D eigenvalue weighted by atomic mass is 19.1. The van der Waals surface area contributed by atoms with Crippen LogP contribution in [0.5, 0.6) is 11.5 Å². The summed E-state index contributed by atoms with van der Waals surface area (Å²) in [4.78, 5) is 3.87. The normalized spacial score (nSPS) is 10.3. The quantitative estimate of drug-likeness (QED) is 0.891. The topological polar surface area (TPSA) is 48.1 Å². The Labute approximate surface area is 96.9 Å². The van der Waals surface area contributed by atoms with Gasteiger partial charge in [0.1, 0.15) is 11.6 Å². The molecule has 2 aromatic rings. The summed E-state index contributed by atoms with van der Waals surface area (Å²) < 4.78 is 31.6. The van der Waals surface area contributed by atoms with Crippen molar-refractivity contribution < 1.29 is 13.5 Å². The van der Waals surface area contributed by atoms with Crippen molar-refractivity contribution in [3.05, 3.63) is 53.9 Å². The molecule has 2 rings (SSSR count). The Morgan fingerprint density at radius 2 is 2.00 bits per heavy atom. The van der Waals surface area contributed by atoms with Crippen LogP contribution in [0.1, 0.15) is 5.56 Å². The highest BCUT2D eigenvalue weighted by molar-refractivity contribution is 5.36. The van der Waals surface area contributed by atoms with E-state index >= 15 is 0 Å². The Morgan fingerprint density at radius 3 is 2.76 bits per heavy atom. The second-order valence-electron chi connectivity index (χ2n) is 3.36. The van der Waals surface area contributed by atoms with Crippen molar-refractivity contribution in [2.75, 3.05) is 0 Å². The first-order chi connectivity index (χ1) is 8.20. The number of hydrogen-bond donors (Lipinski definition) is 1. The van der Waals surface area contributed by atoms with Crippen LogP contribution in [-0.2, 0) is 6.54 Å². The van der Waals surface area contributed by atoms with E-state index in [0.29, 0.717) is 11.3 Å². The van der Waals surface area contributed by atoms with Gasteiger partial charge in [0.25, 0.3) is 0 Å². The number of rotatable bonds is 3. The van der Waals surface area contributed by atoms with Crippen LogP contribution in [0.2, 0.25) is 0 Å². The van der Waals surface area contributed by atoms with Crippen molar-refractivity contribution >= 4 is 0 Å². The molecule has 0 spiro atoms. The van der Waals surface area contributed by atoms with Crippen molar-refractivity contribution in [3.8, 4) is 11.5 Å². The lowest BCUT2D eigenvalue weighted by Gasteiger charge is -2.09. The molecule has 2 N–H and O–H groups in total. The first-order valence-corrected chi connectivity index (χ1v) is 4.96. The van der Waals surface area contributed by atoms with E-state index in [1.807, 2.05) is 0 Å². The van der Waals surface area contributed by atoms with E-state index in [4.69, 9.17) is 10.5 Å². The largest absolute Gasteiger partial charge is 0.454 e. The Balaban J connectivity index is 2.34. The third-order valence-corrected chi connectivity index (χ3v) is 2.19. The summed E-state index contributed by atoms with van der Waals surface area (Å²) in [5.74, 6) is -1.01. The van der Waals surface area contributed by atoms with Crippen LogP contribution in [0.15, 0.2) is 36.7 Å². The smallest absolute Gasteiger partial charge is 0.165 e. The van der Waals surface area contributed by atoms with Gasteiger partial charge in [0, 0.05) is 30.6 Å². The highest BCUT2D eigenvalue weighted by Crippen LogP contribution is 2.27. The highest BCUT2D eigenvalue weighted by Gasteiger charge is 2.08. The van der Waals surface area contributed by atoms with Gasteiger partial charge in [0.2, 0.25) is 0 Å². The van der Waals surface area contributed by atoms with Gasteiger partial charge < -0.3 is 10.5 Å². The van der Waals surface area contributed by atoms with Gasteiger partial charge >= 0.3 is 0 Å². The van der Waals surface area contributed by atoms with Crippen LogP contribution in [0, 0.1) is 11.6 Å². The number of ether oxygens (including phenoxy) is 1. The zero-order chi connectivity index (χ0) is 12.3. The predicted molar refractivity (Wildman–Crippen MR) is 58.6 cm³/mol. The fourth-order valence-corrected chi connectivity index (χ4v) is 1.34. The number of aromatic nitrogens is 1. The zero-order valence-electron chi connectivity index (χ0n) is 8.86. The van der Waals surface area contributed by atoms with Crippen molar-refractivity contribution in [2.24, 2.45) is 5.73 Å². The van der Waals surface area contributed by atoms with Gasteiger partial charge in [-0.15, -0.1) is 0 Å². The molecule has 17 heavy (non-hydrogen) atoms. The minimum atomic E-state index is -0.633. The maximum Gasteiger partial charge on any atom is 0.165 e. The second-order valence-corrected chi connectivity index (χ2v) is 3.36. The molecular formula is C12H10F2N2O. The van der Waals surface area contributed by atoms with E-state index in [1.165, 1.54) is 12.4 Å². The summed E-state index contributed by atoms with van der Waals surface area (Å²) in [5.41, 5.74) is 6.11. The first-order valence-electron chi connectivity index (χ1n) is 4.96. The lowest BCUT2D eigenvalue weighted by Crippen LogP contribution is -2.00. The van der Waals surface area contributed by atoms with Crippen LogP contribution < -0.4 is 10.5 Å². The lowest BCUT2D eigenvalue weighted by atomic mass is 10.2. The average molecular weight is 236 g/mol. The molecule has 0 atom stereocenters. The Hall–Kier alpha value is -2.01. The van der Waals surface area contributed by atoms with Crippen LogP contribution in [0.25, 0.3) is 0 Å². The molecule has 0 aliphatic carbocycles. The zero-order valence-corrected chi connectivity index (χ0v) is 8.86. The van der Waals surface area contributed by atoms with Gasteiger partial charge in [0.05, 0.1) is 0 Å². The number of pyridine rings is 1. The minimum absolute atomic E-state index is 0.175. The number of nitrogens with zero attached hydrogens (tertiary/aromatic N) is 1. The van der Waals surface area contributed by atoms with E-state index in [9.17, 15) is 8.78 Å². The van der Waals surface area contributed by atoms with Crippen LogP contribution in [0.3, 0.4) is 0 Å². The van der Waals surface area contributed by atoms with Crippen molar-refractivity contribution in [1.29, 1.82) is 0 Å². The molecule has 0 bridgehead atoms. The molecule has 1 aromatic carbocycles. The molecule has 0 unspecified atom stereocenters. The van der Waals surface area contributed by atoms with Crippen LogP contribution in [-0.4, -0.2) is 4.98 Å². The average Bonchev–Trinajstić information content (AvgIpc) is 2.34. The van der Waals surface area contributed by atoms with Gasteiger partial charge in [-0.1, -0.05) is 0 Å². The monoisotopic (exact) mass is 236 g/mol. The van der Waals surface area contributed by atoms with Crippen LogP contribution in [0.4, 0.5) is 8.78 Å². The first kappa shape index (κ1) is 11.5. The number of nitrogens with two attached hydrogens (primary N) is 1. The van der Waals surface area contributed by atoms with Gasteiger partial charge in [-0.05, 0) is 18.2 Å². The van der Waals surface area contributed by atoms with E-state index in [0.717, 1.165) is 18.2 Å². The molecule has 88 valence electrons. The molecular weight excluding hydrogens is 226 g/mol. The van der Waals surface area contributed by atoms with Crippen molar-refractivity contribution in [3.63, 3.8) is 0 Å². The van der Waals surface area contributed by atoms with Gasteiger partial charge in [-0.2, -0.15) is 0 Å². The van der Waals surface area contributed by atoms with E-state index in [-0.39, 0.29) is 12.3 Å². The van der Waals surface area contributed by atoms with Crippen LogP contribution >= 0.6 is 0 Å². The van der Waals surface area contributed by atoms with Gasteiger partial charge in [0.15, 0.2) is 11.6 Å². The molecule has 0 aliphatic rings. The number of benzene rings is 1. The third-order valence-electron chi connectivity index (χ3n) is 2.19. The molecule has 0 saturated heterocycles. The molecule has 1 heterocycles. The lowest BCUT2D eigenvalue weighted by molar-refractivity contribution is 0.432. The Kier molecular flexibility index (Phi) is 3.30. The summed E-state index contributed by atoms with van der Waals surface area (Å²) in [5, 5.41) is 0. The number of hydrogen-bond acceptors (Lipinski definition) is 3. The summed E-state index contributed by atoms with van der Waals surface area (Å²) in [6.07, 6.45) is 3.01. The molecule has 1 aromatic heterocycles. The van der Waals surface area contributed by atoms with Crippen molar-refractivity contribution in [1.82, 2.24) is 4.98 Å². The third kappa shape index (κ3) is 2.57. The molecule has 5 heteroatoms. The summed E-state index contributed by atoms with van der Waals surface area (Å²) in [6.45, 7) is 0.208. The van der Waals surface area contributed by atoms with E-state index in [1.54, 1.807) is 6.07 Å². The standard InChI is InChI=1S/C12H10F2N2O/c13-9-1-2-10(14)12(5-9)17-11-3-4-16-7-8(11)6-15/h1-5,7H,6,15H2. The van der Waals surface area contributed by atoms with E-state index in [2.05, 4.69) is 4.98 Å². The van der Waals surface area contributed by atoms with Gasteiger partial charge in [-0.25, -0.2) is 8.78 Å². The predicted octanol–water partition coefficient (Wildman–Crippen LogP) is 2.61. The van der Waals surface area contributed by atoms with Crippen molar-refractivity contribution in [2.45, 2.75) is 6.54 Å². The SMILES string of the molecule is NCc1cnccc1Oc1cc(F)ccc1F. The second kappa shape index (κ2) is 4.88.